The monoisotopic (exact) mass is 385 g/mol. The van der Waals surface area contributed by atoms with Crippen molar-refractivity contribution in [3.8, 4) is 12.3 Å². The number of aliphatic hydroxyl groups excluding tert-OH is 1. The molecule has 3 atom stereocenters. The molecule has 6 nitrogen and oxygen atoms in total. The number of aliphatic hydroxyl groups is 1. The van der Waals surface area contributed by atoms with Crippen LogP contribution in [-0.4, -0.2) is 78.4 Å². The fraction of sp³-hybridized carbons (Fsp3) is 0.591. The first-order chi connectivity index (χ1) is 13.7. The lowest BCUT2D eigenvalue weighted by molar-refractivity contribution is -0.158. The van der Waals surface area contributed by atoms with Gasteiger partial charge in [0.2, 0.25) is 0 Å². The molecule has 28 heavy (non-hydrogen) atoms. The normalized spacial score (nSPS) is 26.5. The van der Waals surface area contributed by atoms with Crippen molar-refractivity contribution in [2.75, 3.05) is 39.3 Å². The van der Waals surface area contributed by atoms with Crippen molar-refractivity contribution in [1.82, 2.24) is 15.1 Å². The lowest BCUT2D eigenvalue weighted by atomic mass is 9.98. The SMILES string of the molecule is C#CCNC(=O)[C@H]1O[C@H](CCN2CCN(Cc3ccccc3)CC2)CC[C@@H]1O. The second-order valence-electron chi connectivity index (χ2n) is 7.64. The van der Waals surface area contributed by atoms with Gasteiger partial charge in [0.25, 0.3) is 5.91 Å². The molecular weight excluding hydrogens is 354 g/mol. The van der Waals surface area contributed by atoms with Gasteiger partial charge >= 0.3 is 0 Å². The molecule has 3 rings (SSSR count). The summed E-state index contributed by atoms with van der Waals surface area (Å²) in [5.41, 5.74) is 1.36. The van der Waals surface area contributed by atoms with Gasteiger partial charge in [0.1, 0.15) is 0 Å². The van der Waals surface area contributed by atoms with Gasteiger partial charge in [-0.1, -0.05) is 36.3 Å². The van der Waals surface area contributed by atoms with E-state index in [1.807, 2.05) is 0 Å². The van der Waals surface area contributed by atoms with Crippen LogP contribution in [0.1, 0.15) is 24.8 Å². The van der Waals surface area contributed by atoms with Crippen molar-refractivity contribution in [3.05, 3.63) is 35.9 Å². The summed E-state index contributed by atoms with van der Waals surface area (Å²) >= 11 is 0. The Hall–Kier alpha value is -1.91. The number of carbonyl (C=O) groups is 1. The van der Waals surface area contributed by atoms with E-state index >= 15 is 0 Å². The second-order valence-corrected chi connectivity index (χ2v) is 7.64. The number of benzene rings is 1. The summed E-state index contributed by atoms with van der Waals surface area (Å²) in [6.07, 6.45) is 5.87. The van der Waals surface area contributed by atoms with Crippen LogP contribution < -0.4 is 5.32 Å². The highest BCUT2D eigenvalue weighted by Gasteiger charge is 2.35. The van der Waals surface area contributed by atoms with Crippen molar-refractivity contribution < 1.29 is 14.6 Å². The Bertz CT molecular complexity index is 653. The lowest BCUT2D eigenvalue weighted by Crippen LogP contribution is -2.50. The van der Waals surface area contributed by atoms with Crippen molar-refractivity contribution in [2.24, 2.45) is 0 Å². The van der Waals surface area contributed by atoms with E-state index in [0.717, 1.165) is 52.1 Å². The molecule has 0 saturated carbocycles. The third kappa shape index (κ3) is 6.05. The van der Waals surface area contributed by atoms with Crippen LogP contribution in [0.15, 0.2) is 30.3 Å². The zero-order valence-corrected chi connectivity index (χ0v) is 16.4. The van der Waals surface area contributed by atoms with Gasteiger partial charge in [-0.15, -0.1) is 6.42 Å². The van der Waals surface area contributed by atoms with Gasteiger partial charge in [0, 0.05) is 39.3 Å². The lowest BCUT2D eigenvalue weighted by Gasteiger charge is -2.37. The average Bonchev–Trinajstić information content (AvgIpc) is 2.73. The van der Waals surface area contributed by atoms with Gasteiger partial charge in [-0.2, -0.15) is 0 Å². The van der Waals surface area contributed by atoms with Crippen LogP contribution in [0.3, 0.4) is 0 Å². The maximum Gasteiger partial charge on any atom is 0.252 e. The Balaban J connectivity index is 1.38. The molecule has 2 aliphatic rings. The molecule has 0 radical (unpaired) electrons. The van der Waals surface area contributed by atoms with Gasteiger partial charge in [-0.3, -0.25) is 9.69 Å². The van der Waals surface area contributed by atoms with E-state index in [0.29, 0.717) is 6.42 Å². The number of nitrogens with one attached hydrogen (secondary N) is 1. The predicted octanol–water partition coefficient (Wildman–Crippen LogP) is 0.852. The number of carbonyl (C=O) groups excluding carboxylic acids is 1. The van der Waals surface area contributed by atoms with Crippen LogP contribution in [0, 0.1) is 12.3 Å². The van der Waals surface area contributed by atoms with Crippen LogP contribution in [0.25, 0.3) is 0 Å². The minimum Gasteiger partial charge on any atom is -0.390 e. The number of piperazine rings is 1. The summed E-state index contributed by atoms with van der Waals surface area (Å²) in [4.78, 5) is 17.1. The standard InChI is InChI=1S/C22H31N3O3/c1-2-11-23-22(27)21-20(26)9-8-19(28-21)10-12-24-13-15-25(16-14-24)17-18-6-4-3-5-7-18/h1,3-7,19-21,26H,8-17H2,(H,23,27)/t19-,20-,21-/m0/s1. The van der Waals surface area contributed by atoms with E-state index in [1.165, 1.54) is 5.56 Å². The van der Waals surface area contributed by atoms with Crippen LogP contribution in [0.4, 0.5) is 0 Å². The largest absolute Gasteiger partial charge is 0.390 e. The number of nitrogens with zero attached hydrogens (tertiary/aromatic N) is 2. The summed E-state index contributed by atoms with van der Waals surface area (Å²) in [7, 11) is 0. The smallest absolute Gasteiger partial charge is 0.252 e. The molecule has 2 aliphatic heterocycles. The van der Waals surface area contributed by atoms with Crippen LogP contribution in [0.2, 0.25) is 0 Å². The van der Waals surface area contributed by atoms with Crippen molar-refractivity contribution in [1.29, 1.82) is 0 Å². The quantitative estimate of drug-likeness (QED) is 0.682. The summed E-state index contributed by atoms with van der Waals surface area (Å²) in [6, 6.07) is 10.6. The number of terminal acetylenes is 1. The molecule has 2 heterocycles. The highest BCUT2D eigenvalue weighted by molar-refractivity contribution is 5.81. The molecule has 152 valence electrons. The molecule has 6 heteroatoms. The summed E-state index contributed by atoms with van der Waals surface area (Å²) in [5, 5.41) is 12.7. The summed E-state index contributed by atoms with van der Waals surface area (Å²) in [6.45, 7) is 6.35. The first-order valence-corrected chi connectivity index (χ1v) is 10.2. The Kier molecular flexibility index (Phi) is 7.87. The van der Waals surface area contributed by atoms with Gasteiger partial charge in [0.15, 0.2) is 6.10 Å². The van der Waals surface area contributed by atoms with Crippen LogP contribution in [0.5, 0.6) is 0 Å². The molecule has 2 fully saturated rings. The minimum absolute atomic E-state index is 0.00679. The van der Waals surface area contributed by atoms with E-state index in [-0.39, 0.29) is 18.6 Å². The predicted molar refractivity (Wildman–Crippen MR) is 109 cm³/mol. The van der Waals surface area contributed by atoms with Crippen LogP contribution >= 0.6 is 0 Å². The maximum absolute atomic E-state index is 12.1. The maximum atomic E-state index is 12.1. The van der Waals surface area contributed by atoms with E-state index < -0.39 is 12.2 Å². The molecule has 0 aromatic heterocycles. The fourth-order valence-corrected chi connectivity index (χ4v) is 3.90. The van der Waals surface area contributed by atoms with E-state index in [4.69, 9.17) is 11.2 Å². The third-order valence-electron chi connectivity index (χ3n) is 5.58. The van der Waals surface area contributed by atoms with E-state index in [9.17, 15) is 9.90 Å². The number of hydrogen-bond donors (Lipinski definition) is 2. The minimum atomic E-state index is -0.810. The first kappa shape index (κ1) is 20.8. The molecule has 2 saturated heterocycles. The second kappa shape index (κ2) is 10.6. The molecule has 0 unspecified atom stereocenters. The highest BCUT2D eigenvalue weighted by atomic mass is 16.5. The zero-order valence-electron chi connectivity index (χ0n) is 16.4. The van der Waals surface area contributed by atoms with E-state index in [1.54, 1.807) is 0 Å². The average molecular weight is 386 g/mol. The topological polar surface area (TPSA) is 65.0 Å². The van der Waals surface area contributed by atoms with Gasteiger partial charge in [-0.05, 0) is 24.8 Å². The Morgan fingerprint density at radius 3 is 2.61 bits per heavy atom. The Morgan fingerprint density at radius 2 is 1.89 bits per heavy atom. The fourth-order valence-electron chi connectivity index (χ4n) is 3.90. The van der Waals surface area contributed by atoms with E-state index in [2.05, 4.69) is 51.4 Å². The van der Waals surface area contributed by atoms with Crippen molar-refractivity contribution in [3.63, 3.8) is 0 Å². The highest BCUT2D eigenvalue weighted by Crippen LogP contribution is 2.22. The van der Waals surface area contributed by atoms with Gasteiger partial charge < -0.3 is 20.1 Å². The molecule has 1 amide bonds. The van der Waals surface area contributed by atoms with Crippen molar-refractivity contribution in [2.45, 2.75) is 44.1 Å². The summed E-state index contributed by atoms with van der Waals surface area (Å²) < 4.78 is 5.88. The molecule has 0 bridgehead atoms. The Morgan fingerprint density at radius 1 is 1.18 bits per heavy atom. The molecular formula is C22H31N3O3. The molecule has 1 aromatic rings. The van der Waals surface area contributed by atoms with Crippen molar-refractivity contribution >= 4 is 5.91 Å². The van der Waals surface area contributed by atoms with Gasteiger partial charge in [0.05, 0.1) is 18.8 Å². The molecule has 1 aromatic carbocycles. The molecule has 0 aliphatic carbocycles. The molecule has 2 N–H and O–H groups in total. The zero-order chi connectivity index (χ0) is 19.8. The number of ether oxygens (including phenoxy) is 1. The Labute approximate surface area is 167 Å². The first-order valence-electron chi connectivity index (χ1n) is 10.2. The number of hydrogen-bond acceptors (Lipinski definition) is 5. The number of amides is 1. The third-order valence-corrected chi connectivity index (χ3v) is 5.58. The summed E-state index contributed by atoms with van der Waals surface area (Å²) in [5.74, 6) is 2.06. The number of rotatable bonds is 7. The van der Waals surface area contributed by atoms with Crippen LogP contribution in [-0.2, 0) is 16.1 Å². The molecule has 0 spiro atoms. The van der Waals surface area contributed by atoms with Gasteiger partial charge in [-0.25, -0.2) is 0 Å².